The van der Waals surface area contributed by atoms with Gasteiger partial charge in [-0.05, 0) is 63.7 Å². The van der Waals surface area contributed by atoms with Crippen molar-refractivity contribution in [2.45, 2.75) is 69.5 Å². The summed E-state index contributed by atoms with van der Waals surface area (Å²) < 4.78 is 20.1. The van der Waals surface area contributed by atoms with Crippen molar-refractivity contribution < 1.29 is 13.9 Å². The second kappa shape index (κ2) is 12.3. The molecule has 6 rings (SSSR count). The van der Waals surface area contributed by atoms with Crippen molar-refractivity contribution in [2.75, 3.05) is 56.2 Å². The highest BCUT2D eigenvalue weighted by atomic mass is 19.1. The minimum Gasteiger partial charge on any atom is -0.462 e. The van der Waals surface area contributed by atoms with Crippen molar-refractivity contribution in [3.05, 3.63) is 53.5 Å². The molecule has 1 aliphatic carbocycles. The van der Waals surface area contributed by atoms with E-state index in [4.69, 9.17) is 14.7 Å². The van der Waals surface area contributed by atoms with E-state index in [1.54, 1.807) is 0 Å². The topological polar surface area (TPSA) is 88.8 Å². The molecule has 10 heteroatoms. The second-order valence-electron chi connectivity index (χ2n) is 12.0. The summed E-state index contributed by atoms with van der Waals surface area (Å²) in [4.78, 5) is 30.9. The number of hydrogen-bond donors (Lipinski definition) is 0. The van der Waals surface area contributed by atoms with Gasteiger partial charge in [0.05, 0.1) is 24.2 Å². The summed E-state index contributed by atoms with van der Waals surface area (Å²) in [5.74, 6) is -0.918. The predicted octanol–water partition coefficient (Wildman–Crippen LogP) is 3.67. The number of rotatable bonds is 7. The SMILES string of the molecule is C=C(F)C(=O)N1CCN(c2nc(OC[C@@H]3CCCN3C)nc3c2CC[C@H](N2CCCc4ccccc42)C3)C[C@@H]1CC#N. The molecule has 0 spiro atoms. The Bertz CT molecular complexity index is 1380. The highest BCUT2D eigenvalue weighted by molar-refractivity contribution is 5.91. The third kappa shape index (κ3) is 5.67. The highest BCUT2D eigenvalue weighted by Crippen LogP contribution is 2.37. The molecule has 1 aromatic heterocycles. The Morgan fingerprint density at radius 1 is 1.12 bits per heavy atom. The smallest absolute Gasteiger partial charge is 0.318 e. The number of carbonyl (C=O) groups is 1. The molecular formula is C32H40FN7O2. The van der Waals surface area contributed by atoms with Crippen LogP contribution in [0.15, 0.2) is 36.7 Å². The highest BCUT2D eigenvalue weighted by Gasteiger charge is 2.36. The third-order valence-electron chi connectivity index (χ3n) is 9.47. The summed E-state index contributed by atoms with van der Waals surface area (Å²) >= 11 is 0. The number of fused-ring (bicyclic) bond motifs is 2. The van der Waals surface area contributed by atoms with E-state index < -0.39 is 17.8 Å². The number of carbonyl (C=O) groups excluding carboxylic acids is 1. The number of halogens is 1. The van der Waals surface area contributed by atoms with Crippen LogP contribution in [0.5, 0.6) is 6.01 Å². The van der Waals surface area contributed by atoms with Crippen LogP contribution in [0.25, 0.3) is 0 Å². The predicted molar refractivity (Wildman–Crippen MR) is 159 cm³/mol. The number of nitrogens with zero attached hydrogens (tertiary/aromatic N) is 7. The molecule has 3 atom stereocenters. The first-order valence-electron chi connectivity index (χ1n) is 15.3. The molecule has 4 aliphatic rings. The zero-order valence-corrected chi connectivity index (χ0v) is 24.5. The average Bonchev–Trinajstić information content (AvgIpc) is 3.43. The monoisotopic (exact) mass is 573 g/mol. The molecule has 0 radical (unpaired) electrons. The van der Waals surface area contributed by atoms with Crippen molar-refractivity contribution in [1.82, 2.24) is 19.8 Å². The molecule has 9 nitrogen and oxygen atoms in total. The molecule has 2 saturated heterocycles. The molecule has 0 bridgehead atoms. The van der Waals surface area contributed by atoms with E-state index >= 15 is 0 Å². The summed E-state index contributed by atoms with van der Waals surface area (Å²) in [6.07, 6.45) is 7.26. The number of para-hydroxylation sites is 1. The van der Waals surface area contributed by atoms with E-state index in [-0.39, 0.29) is 6.42 Å². The number of benzene rings is 1. The summed E-state index contributed by atoms with van der Waals surface area (Å²) in [6, 6.07) is 11.5. The summed E-state index contributed by atoms with van der Waals surface area (Å²) in [5.41, 5.74) is 4.88. The van der Waals surface area contributed by atoms with Crippen LogP contribution in [0.2, 0.25) is 0 Å². The first-order valence-corrected chi connectivity index (χ1v) is 15.3. The van der Waals surface area contributed by atoms with Crippen molar-refractivity contribution in [1.29, 1.82) is 5.26 Å². The Hall–Kier alpha value is -3.71. The molecule has 2 aromatic rings. The molecule has 0 saturated carbocycles. The maximum atomic E-state index is 13.8. The van der Waals surface area contributed by atoms with Crippen molar-refractivity contribution in [3.8, 4) is 12.1 Å². The normalized spacial score (nSPS) is 24.1. The number of aromatic nitrogens is 2. The lowest BCUT2D eigenvalue weighted by molar-refractivity contribution is -0.131. The molecule has 2 fully saturated rings. The van der Waals surface area contributed by atoms with Gasteiger partial charge in [-0.3, -0.25) is 4.79 Å². The van der Waals surface area contributed by atoms with Crippen LogP contribution in [-0.2, 0) is 24.1 Å². The van der Waals surface area contributed by atoms with Gasteiger partial charge in [-0.15, -0.1) is 0 Å². The van der Waals surface area contributed by atoms with Crippen LogP contribution in [-0.4, -0.2) is 90.2 Å². The molecule has 0 N–H and O–H groups in total. The molecule has 1 aromatic carbocycles. The largest absolute Gasteiger partial charge is 0.462 e. The zero-order valence-electron chi connectivity index (χ0n) is 24.5. The number of hydrogen-bond acceptors (Lipinski definition) is 8. The molecule has 222 valence electrons. The molecule has 1 amide bonds. The lowest BCUT2D eigenvalue weighted by atomic mass is 9.88. The minimum absolute atomic E-state index is 0.108. The van der Waals surface area contributed by atoms with Gasteiger partial charge in [0.25, 0.3) is 5.91 Å². The summed E-state index contributed by atoms with van der Waals surface area (Å²) in [7, 11) is 2.13. The van der Waals surface area contributed by atoms with Gasteiger partial charge in [-0.1, -0.05) is 24.8 Å². The van der Waals surface area contributed by atoms with Gasteiger partial charge in [0.15, 0.2) is 5.83 Å². The van der Waals surface area contributed by atoms with Crippen LogP contribution < -0.4 is 14.5 Å². The van der Waals surface area contributed by atoms with E-state index in [9.17, 15) is 14.4 Å². The first-order chi connectivity index (χ1) is 20.4. The number of ether oxygens (including phenoxy) is 1. The molecule has 42 heavy (non-hydrogen) atoms. The standard InChI is InChI=1S/C32H40FN7O2/c1-22(33)31(41)40-18-17-38(20-25(40)13-14-34)30-27-12-11-24(39-16-5-8-23-7-3-4-10-29(23)39)19-28(27)35-32(36-30)42-21-26-9-6-15-37(26)2/h3-4,7,10,24-26H,1,5-6,8-9,11-13,15-21H2,2H3/t24-,25-,26-/m0/s1. The van der Waals surface area contributed by atoms with Gasteiger partial charge in [0.2, 0.25) is 0 Å². The average molecular weight is 574 g/mol. The van der Waals surface area contributed by atoms with E-state index in [1.807, 2.05) is 0 Å². The van der Waals surface area contributed by atoms with E-state index in [1.165, 1.54) is 16.2 Å². The zero-order chi connectivity index (χ0) is 29.2. The number of anilines is 2. The van der Waals surface area contributed by atoms with Gasteiger partial charge in [0.1, 0.15) is 12.4 Å². The summed E-state index contributed by atoms with van der Waals surface area (Å²) in [6.45, 7) is 7.01. The first kappa shape index (κ1) is 28.4. The van der Waals surface area contributed by atoms with Crippen LogP contribution >= 0.6 is 0 Å². The minimum atomic E-state index is -0.997. The number of piperazine rings is 1. The fraction of sp³-hybridized carbons (Fsp3) is 0.562. The Morgan fingerprint density at radius 2 is 1.98 bits per heavy atom. The van der Waals surface area contributed by atoms with Gasteiger partial charge in [-0.25, -0.2) is 4.39 Å². The molecule has 0 unspecified atom stereocenters. The van der Waals surface area contributed by atoms with Crippen molar-refractivity contribution in [3.63, 3.8) is 0 Å². The summed E-state index contributed by atoms with van der Waals surface area (Å²) in [5, 5.41) is 9.49. The Kier molecular flexibility index (Phi) is 8.29. The van der Waals surface area contributed by atoms with Crippen LogP contribution in [0.4, 0.5) is 15.9 Å². The van der Waals surface area contributed by atoms with Gasteiger partial charge < -0.3 is 24.3 Å². The van der Waals surface area contributed by atoms with Crippen LogP contribution in [0.1, 0.15) is 48.9 Å². The lowest BCUT2D eigenvalue weighted by Gasteiger charge is -2.43. The lowest BCUT2D eigenvalue weighted by Crippen LogP contribution is -2.55. The fourth-order valence-electron chi connectivity index (χ4n) is 7.20. The molecular weight excluding hydrogens is 533 g/mol. The van der Waals surface area contributed by atoms with Crippen molar-refractivity contribution in [2.24, 2.45) is 0 Å². The number of amides is 1. The Morgan fingerprint density at radius 3 is 2.76 bits per heavy atom. The number of likely N-dealkylation sites (tertiary alicyclic amines) is 1. The molecule has 4 heterocycles. The van der Waals surface area contributed by atoms with E-state index in [0.717, 1.165) is 75.1 Å². The van der Waals surface area contributed by atoms with Crippen LogP contribution in [0, 0.1) is 11.3 Å². The third-order valence-corrected chi connectivity index (χ3v) is 9.47. The van der Waals surface area contributed by atoms with Gasteiger partial charge in [0, 0.05) is 55.9 Å². The number of aryl methyl sites for hydroxylation is 1. The maximum absolute atomic E-state index is 13.8. The fourth-order valence-corrected chi connectivity index (χ4v) is 7.20. The van der Waals surface area contributed by atoms with E-state index in [0.29, 0.717) is 44.3 Å². The number of nitriles is 1. The quantitative estimate of drug-likeness (QED) is 0.464. The Labute approximate surface area is 247 Å². The van der Waals surface area contributed by atoms with Gasteiger partial charge >= 0.3 is 6.01 Å². The maximum Gasteiger partial charge on any atom is 0.318 e. The van der Waals surface area contributed by atoms with Crippen molar-refractivity contribution >= 4 is 17.4 Å². The second-order valence-corrected chi connectivity index (χ2v) is 12.0. The Balaban J connectivity index is 1.29. The molecule has 3 aliphatic heterocycles. The van der Waals surface area contributed by atoms with Gasteiger partial charge in [-0.2, -0.15) is 15.2 Å². The number of likely N-dealkylation sites (N-methyl/N-ethyl adjacent to an activating group) is 1. The van der Waals surface area contributed by atoms with E-state index in [2.05, 4.69) is 58.7 Å². The van der Waals surface area contributed by atoms with Crippen LogP contribution in [0.3, 0.4) is 0 Å².